The Morgan fingerprint density at radius 3 is 2.33 bits per heavy atom. The minimum atomic E-state index is -1.29. The molecule has 2 aromatic heterocycles. The van der Waals surface area contributed by atoms with Crippen molar-refractivity contribution in [2.75, 3.05) is 0 Å². The minimum absolute atomic E-state index is 0.832. The number of hydrogen-bond donors (Lipinski definition) is 0. The molecule has 0 aromatic carbocycles. The topological polar surface area (TPSA) is 17.1 Å². The van der Waals surface area contributed by atoms with Gasteiger partial charge in [0.15, 0.2) is 6.29 Å². The summed E-state index contributed by atoms with van der Waals surface area (Å²) in [6.07, 6.45) is 10.2. The molecule has 0 bridgehead atoms. The molecule has 0 fully saturated rings. The fourth-order valence-electron chi connectivity index (χ4n) is 2.83. The standard InChI is InChI=1S/C20H30OS2Si/c1-5-6-7-8-9-10-11-16-14-19(24(2,3)4)23-20(16)18-13-12-17(15-21)22-18/h12-15H,5-11H2,1-4H3. The summed E-state index contributed by atoms with van der Waals surface area (Å²) in [5.74, 6) is 0. The molecule has 2 rings (SSSR count). The number of unbranched alkanes of at least 4 members (excludes halogenated alkanes) is 5. The largest absolute Gasteiger partial charge is 0.297 e. The highest BCUT2D eigenvalue weighted by atomic mass is 32.1. The van der Waals surface area contributed by atoms with Crippen molar-refractivity contribution in [2.24, 2.45) is 0 Å². The van der Waals surface area contributed by atoms with Crippen molar-refractivity contribution in [1.82, 2.24) is 0 Å². The third-order valence-corrected chi connectivity index (χ3v) is 10.3. The average Bonchev–Trinajstić information content (AvgIpc) is 3.16. The SMILES string of the molecule is CCCCCCCCc1cc([Si](C)(C)C)sc1-c1ccc(C=O)s1. The summed E-state index contributed by atoms with van der Waals surface area (Å²) in [6, 6.07) is 6.55. The van der Waals surface area contributed by atoms with Gasteiger partial charge in [-0.25, -0.2) is 0 Å². The minimum Gasteiger partial charge on any atom is -0.297 e. The second-order valence-electron chi connectivity index (χ2n) is 7.55. The van der Waals surface area contributed by atoms with E-state index in [4.69, 9.17) is 0 Å². The highest BCUT2D eigenvalue weighted by Crippen LogP contribution is 2.35. The monoisotopic (exact) mass is 378 g/mol. The number of aryl methyl sites for hydroxylation is 1. The molecule has 0 N–H and O–H groups in total. The van der Waals surface area contributed by atoms with Crippen molar-refractivity contribution in [2.45, 2.75) is 71.5 Å². The molecule has 0 radical (unpaired) electrons. The molecule has 0 aliphatic heterocycles. The third kappa shape index (κ3) is 5.40. The number of thiophene rings is 2. The number of carbonyl (C=O) groups is 1. The summed E-state index contributed by atoms with van der Waals surface area (Å²) >= 11 is 3.60. The van der Waals surface area contributed by atoms with Crippen LogP contribution in [-0.2, 0) is 6.42 Å². The van der Waals surface area contributed by atoms with E-state index in [0.717, 1.165) is 11.2 Å². The highest BCUT2D eigenvalue weighted by Gasteiger charge is 2.22. The third-order valence-electron chi connectivity index (χ3n) is 4.31. The van der Waals surface area contributed by atoms with Gasteiger partial charge in [0.25, 0.3) is 0 Å². The number of hydrogen-bond acceptors (Lipinski definition) is 3. The maximum Gasteiger partial charge on any atom is 0.160 e. The summed E-state index contributed by atoms with van der Waals surface area (Å²) in [6.45, 7) is 9.53. The molecule has 0 aliphatic carbocycles. The molecule has 2 aromatic rings. The Morgan fingerprint density at radius 2 is 1.71 bits per heavy atom. The van der Waals surface area contributed by atoms with Crippen LogP contribution in [0.5, 0.6) is 0 Å². The number of carbonyl (C=O) groups excluding carboxylic acids is 1. The van der Waals surface area contributed by atoms with Crippen LogP contribution in [0, 0.1) is 0 Å². The molecule has 132 valence electrons. The molecule has 4 heteroatoms. The predicted molar refractivity (Wildman–Crippen MR) is 113 cm³/mol. The van der Waals surface area contributed by atoms with E-state index in [9.17, 15) is 4.79 Å². The van der Waals surface area contributed by atoms with Gasteiger partial charge in [-0.15, -0.1) is 22.7 Å². The fourth-order valence-corrected chi connectivity index (χ4v) is 6.89. The van der Waals surface area contributed by atoms with Crippen LogP contribution in [0.2, 0.25) is 19.6 Å². The maximum atomic E-state index is 11.0. The van der Waals surface area contributed by atoms with Crippen molar-refractivity contribution in [3.05, 3.63) is 28.6 Å². The molecular weight excluding hydrogens is 348 g/mol. The van der Waals surface area contributed by atoms with E-state index in [1.165, 1.54) is 60.3 Å². The molecule has 24 heavy (non-hydrogen) atoms. The van der Waals surface area contributed by atoms with Crippen LogP contribution < -0.4 is 4.50 Å². The van der Waals surface area contributed by atoms with Crippen LogP contribution >= 0.6 is 22.7 Å². The van der Waals surface area contributed by atoms with E-state index >= 15 is 0 Å². The zero-order valence-electron chi connectivity index (χ0n) is 15.5. The zero-order chi connectivity index (χ0) is 17.6. The van der Waals surface area contributed by atoms with Gasteiger partial charge < -0.3 is 0 Å². The van der Waals surface area contributed by atoms with Crippen molar-refractivity contribution in [1.29, 1.82) is 0 Å². The Morgan fingerprint density at radius 1 is 1.00 bits per heavy atom. The lowest BCUT2D eigenvalue weighted by Crippen LogP contribution is -2.34. The molecular formula is C20H30OS2Si. The van der Waals surface area contributed by atoms with Crippen LogP contribution in [0.1, 0.15) is 60.7 Å². The van der Waals surface area contributed by atoms with Gasteiger partial charge in [0.2, 0.25) is 0 Å². The van der Waals surface area contributed by atoms with Gasteiger partial charge in [-0.3, -0.25) is 4.79 Å². The summed E-state index contributed by atoms with van der Waals surface area (Å²) in [5, 5.41) is 0. The van der Waals surface area contributed by atoms with Crippen molar-refractivity contribution >= 4 is 41.5 Å². The molecule has 0 atom stereocenters. The van der Waals surface area contributed by atoms with Crippen molar-refractivity contribution in [3.63, 3.8) is 0 Å². The first-order chi connectivity index (χ1) is 11.5. The zero-order valence-corrected chi connectivity index (χ0v) is 18.1. The van der Waals surface area contributed by atoms with Crippen molar-refractivity contribution < 1.29 is 4.79 Å². The molecule has 0 saturated carbocycles. The smallest absolute Gasteiger partial charge is 0.160 e. The van der Waals surface area contributed by atoms with E-state index in [0.29, 0.717) is 0 Å². The maximum absolute atomic E-state index is 11.0. The fraction of sp³-hybridized carbons (Fsp3) is 0.550. The van der Waals surface area contributed by atoms with Crippen LogP contribution in [0.15, 0.2) is 18.2 Å². The van der Waals surface area contributed by atoms with Crippen LogP contribution in [0.4, 0.5) is 0 Å². The number of rotatable bonds is 10. The van der Waals surface area contributed by atoms with E-state index < -0.39 is 8.07 Å². The van der Waals surface area contributed by atoms with E-state index in [1.54, 1.807) is 15.8 Å². The Kier molecular flexibility index (Phi) is 7.45. The second-order valence-corrected chi connectivity index (χ2v) is 15.1. The summed E-state index contributed by atoms with van der Waals surface area (Å²) in [5.41, 5.74) is 1.51. The van der Waals surface area contributed by atoms with Gasteiger partial charge in [-0.2, -0.15) is 0 Å². The van der Waals surface area contributed by atoms with Gasteiger partial charge in [-0.1, -0.05) is 58.7 Å². The molecule has 0 unspecified atom stereocenters. The summed E-state index contributed by atoms with van der Waals surface area (Å²) in [4.78, 5) is 14.5. The van der Waals surface area contributed by atoms with Crippen LogP contribution in [0.25, 0.3) is 9.75 Å². The Bertz CT molecular complexity index is 649. The quantitative estimate of drug-likeness (QED) is 0.254. The van der Waals surface area contributed by atoms with Gasteiger partial charge in [-0.05, 0) is 41.1 Å². The first kappa shape index (κ1) is 19.6. The summed E-state index contributed by atoms with van der Waals surface area (Å²) in [7, 11) is -1.29. The van der Waals surface area contributed by atoms with Gasteiger partial charge in [0, 0.05) is 9.75 Å². The van der Waals surface area contributed by atoms with Crippen molar-refractivity contribution in [3.8, 4) is 9.75 Å². The second kappa shape index (κ2) is 9.11. The average molecular weight is 379 g/mol. The van der Waals surface area contributed by atoms with E-state index in [1.807, 2.05) is 17.4 Å². The number of aldehydes is 1. The molecule has 0 aliphatic rings. The molecule has 0 saturated heterocycles. The van der Waals surface area contributed by atoms with Crippen LogP contribution in [-0.4, -0.2) is 14.4 Å². The highest BCUT2D eigenvalue weighted by molar-refractivity contribution is 7.31. The normalized spacial score (nSPS) is 11.8. The lowest BCUT2D eigenvalue weighted by molar-refractivity contribution is 0.112. The lowest BCUT2D eigenvalue weighted by atomic mass is 10.1. The van der Waals surface area contributed by atoms with Gasteiger partial charge in [0.1, 0.15) is 0 Å². The van der Waals surface area contributed by atoms with E-state index in [2.05, 4.69) is 38.7 Å². The first-order valence-corrected chi connectivity index (χ1v) is 14.3. The van der Waals surface area contributed by atoms with E-state index in [-0.39, 0.29) is 0 Å². The summed E-state index contributed by atoms with van der Waals surface area (Å²) < 4.78 is 1.58. The molecule has 2 heterocycles. The predicted octanol–water partition coefficient (Wildman–Crippen LogP) is 6.74. The van der Waals surface area contributed by atoms with Crippen LogP contribution in [0.3, 0.4) is 0 Å². The Balaban J connectivity index is 2.12. The molecule has 1 nitrogen and oxygen atoms in total. The first-order valence-electron chi connectivity index (χ1n) is 9.14. The van der Waals surface area contributed by atoms with Gasteiger partial charge >= 0.3 is 0 Å². The van der Waals surface area contributed by atoms with Gasteiger partial charge in [0.05, 0.1) is 13.0 Å². The Hall–Kier alpha value is -0.713. The molecule has 0 spiro atoms. The molecule has 0 amide bonds. The lowest BCUT2D eigenvalue weighted by Gasteiger charge is -2.12. The Labute approximate surface area is 156 Å².